The summed E-state index contributed by atoms with van der Waals surface area (Å²) in [4.78, 5) is 11.6. The summed E-state index contributed by atoms with van der Waals surface area (Å²) < 4.78 is 7.09. The highest BCUT2D eigenvalue weighted by Gasteiger charge is 2.14. The lowest BCUT2D eigenvalue weighted by atomic mass is 10.2. The Morgan fingerprint density at radius 1 is 1.29 bits per heavy atom. The monoisotopic (exact) mass is 347 g/mol. The normalized spacial score (nSPS) is 10.8. The molecule has 0 atom stereocenters. The number of esters is 1. The van der Waals surface area contributed by atoms with E-state index in [0.29, 0.717) is 22.6 Å². The highest BCUT2D eigenvalue weighted by Crippen LogP contribution is 2.30. The van der Waals surface area contributed by atoms with E-state index in [1.165, 1.54) is 7.11 Å². The molecule has 1 aromatic carbocycles. The number of phenolic OH excluding ortho intramolecular Hbond substituents is 1. The lowest BCUT2D eigenvalue weighted by Crippen LogP contribution is -2.03. The summed E-state index contributed by atoms with van der Waals surface area (Å²) in [5.41, 5.74) is 1.47. The Kier molecular flexibility index (Phi) is 3.34. The van der Waals surface area contributed by atoms with Crippen molar-refractivity contribution in [3.05, 3.63) is 46.6 Å². The molecule has 21 heavy (non-hydrogen) atoms. The van der Waals surface area contributed by atoms with Crippen LogP contribution in [0, 0.1) is 0 Å². The molecular weight excluding hydrogens is 338 g/mol. The zero-order valence-corrected chi connectivity index (χ0v) is 12.5. The first kappa shape index (κ1) is 13.6. The molecule has 1 N–H and O–H groups in total. The van der Waals surface area contributed by atoms with Crippen molar-refractivity contribution in [3.63, 3.8) is 0 Å². The topological polar surface area (TPSA) is 76.7 Å². The summed E-state index contributed by atoms with van der Waals surface area (Å²) in [6.07, 6.45) is 1.58. The zero-order valence-electron chi connectivity index (χ0n) is 10.9. The molecule has 0 bridgehead atoms. The minimum absolute atomic E-state index is 0.0714. The average Bonchev–Trinajstić information content (AvgIpc) is 2.89. The molecule has 0 aliphatic rings. The fourth-order valence-electron chi connectivity index (χ4n) is 2.01. The number of aromatic hydroxyl groups is 1. The van der Waals surface area contributed by atoms with E-state index in [1.54, 1.807) is 40.9 Å². The molecule has 0 radical (unpaired) electrons. The van der Waals surface area contributed by atoms with E-state index in [2.05, 4.69) is 26.1 Å². The molecule has 2 aromatic heterocycles. The third-order valence-electron chi connectivity index (χ3n) is 3.02. The second-order valence-electron chi connectivity index (χ2n) is 4.32. The third-order valence-corrected chi connectivity index (χ3v) is 3.52. The zero-order chi connectivity index (χ0) is 15.0. The van der Waals surface area contributed by atoms with Crippen LogP contribution in [0.25, 0.3) is 17.0 Å². The number of methoxy groups -OCH3 is 1. The maximum atomic E-state index is 11.6. The van der Waals surface area contributed by atoms with Crippen molar-refractivity contribution < 1.29 is 14.6 Å². The first-order chi connectivity index (χ1) is 10.1. The van der Waals surface area contributed by atoms with Crippen molar-refractivity contribution in [1.29, 1.82) is 0 Å². The number of aromatic nitrogens is 3. The Bertz CT molecular complexity index is 845. The molecule has 3 rings (SSSR count). The Morgan fingerprint density at radius 2 is 2.10 bits per heavy atom. The number of fused-ring (bicyclic) bond motifs is 1. The average molecular weight is 348 g/mol. The fraction of sp³-hybridized carbons (Fsp3) is 0.0714. The first-order valence-corrected chi connectivity index (χ1v) is 6.81. The van der Waals surface area contributed by atoms with Crippen LogP contribution in [0.2, 0.25) is 0 Å². The molecule has 2 heterocycles. The number of carbonyl (C=O) groups excluding carboxylic acids is 1. The minimum atomic E-state index is -0.448. The maximum Gasteiger partial charge on any atom is 0.339 e. The molecule has 7 heteroatoms. The smallest absolute Gasteiger partial charge is 0.339 e. The maximum absolute atomic E-state index is 11.6. The van der Waals surface area contributed by atoms with Crippen molar-refractivity contribution in [2.45, 2.75) is 0 Å². The summed E-state index contributed by atoms with van der Waals surface area (Å²) in [6.45, 7) is 0. The van der Waals surface area contributed by atoms with Crippen molar-refractivity contribution in [2.75, 3.05) is 7.11 Å². The van der Waals surface area contributed by atoms with E-state index < -0.39 is 5.97 Å². The van der Waals surface area contributed by atoms with Crippen molar-refractivity contribution in [2.24, 2.45) is 0 Å². The van der Waals surface area contributed by atoms with Crippen LogP contribution in [0.3, 0.4) is 0 Å². The van der Waals surface area contributed by atoms with Gasteiger partial charge in [-0.25, -0.2) is 4.79 Å². The molecule has 0 saturated carbocycles. The molecular formula is C14H10BrN3O3. The summed E-state index contributed by atoms with van der Waals surface area (Å²) in [5, 5.41) is 18.1. The van der Waals surface area contributed by atoms with Gasteiger partial charge in [0, 0.05) is 10.7 Å². The van der Waals surface area contributed by atoms with Crippen LogP contribution in [-0.2, 0) is 4.74 Å². The molecule has 0 fully saturated rings. The van der Waals surface area contributed by atoms with Gasteiger partial charge in [-0.2, -0.15) is 0 Å². The number of nitrogens with zero attached hydrogens (tertiary/aromatic N) is 3. The van der Waals surface area contributed by atoms with Gasteiger partial charge in [0.2, 0.25) is 0 Å². The molecule has 0 aliphatic heterocycles. The number of phenols is 1. The van der Waals surface area contributed by atoms with Crippen LogP contribution in [0.5, 0.6) is 5.75 Å². The number of ether oxygens (including phenoxy) is 1. The quantitative estimate of drug-likeness (QED) is 0.721. The number of halogens is 1. The van der Waals surface area contributed by atoms with Gasteiger partial charge in [0.05, 0.1) is 18.2 Å². The minimum Gasteiger partial charge on any atom is -0.507 e. The lowest BCUT2D eigenvalue weighted by molar-refractivity contribution is 0.0600. The second-order valence-corrected chi connectivity index (χ2v) is 5.24. The third kappa shape index (κ3) is 2.36. The van der Waals surface area contributed by atoms with Gasteiger partial charge >= 0.3 is 5.97 Å². The van der Waals surface area contributed by atoms with Crippen molar-refractivity contribution >= 4 is 27.5 Å². The Labute approximate surface area is 128 Å². The molecule has 0 amide bonds. The number of hydrogen-bond donors (Lipinski definition) is 1. The Hall–Kier alpha value is -2.41. The molecule has 0 unspecified atom stereocenters. The van der Waals surface area contributed by atoms with E-state index in [0.717, 1.165) is 4.47 Å². The Morgan fingerprint density at radius 3 is 2.81 bits per heavy atom. The SMILES string of the molecule is COC(=O)c1ccc2nnc(-c3ccc(Br)cc3O)n2c1. The van der Waals surface area contributed by atoms with Crippen LogP contribution in [0.15, 0.2) is 41.0 Å². The van der Waals surface area contributed by atoms with Crippen LogP contribution < -0.4 is 0 Å². The van der Waals surface area contributed by atoms with Gasteiger partial charge in [0.1, 0.15) is 5.75 Å². The van der Waals surface area contributed by atoms with Crippen LogP contribution in [0.4, 0.5) is 0 Å². The molecule has 6 nitrogen and oxygen atoms in total. The van der Waals surface area contributed by atoms with Gasteiger partial charge in [-0.1, -0.05) is 15.9 Å². The van der Waals surface area contributed by atoms with Gasteiger partial charge in [-0.05, 0) is 30.3 Å². The molecule has 3 aromatic rings. The number of carbonyl (C=O) groups is 1. The van der Waals surface area contributed by atoms with E-state index in [-0.39, 0.29) is 5.75 Å². The van der Waals surface area contributed by atoms with Gasteiger partial charge in [-0.15, -0.1) is 10.2 Å². The number of pyridine rings is 1. The summed E-state index contributed by atoms with van der Waals surface area (Å²) in [5.74, 6) is 0.0690. The van der Waals surface area contributed by atoms with Crippen LogP contribution in [-0.4, -0.2) is 32.8 Å². The molecule has 0 spiro atoms. The van der Waals surface area contributed by atoms with Gasteiger partial charge in [0.25, 0.3) is 0 Å². The Balaban J connectivity index is 2.20. The summed E-state index contributed by atoms with van der Waals surface area (Å²) in [7, 11) is 1.32. The number of hydrogen-bond acceptors (Lipinski definition) is 5. The molecule has 0 aliphatic carbocycles. The highest BCUT2D eigenvalue weighted by atomic mass is 79.9. The first-order valence-electron chi connectivity index (χ1n) is 6.02. The van der Waals surface area contributed by atoms with Gasteiger partial charge in [0.15, 0.2) is 11.5 Å². The fourth-order valence-corrected chi connectivity index (χ4v) is 2.36. The summed E-state index contributed by atoms with van der Waals surface area (Å²) >= 11 is 3.29. The standard InChI is InChI=1S/C14H10BrN3O3/c1-21-14(20)8-2-5-12-16-17-13(18(12)7-8)10-4-3-9(15)6-11(10)19/h2-7,19H,1H3. The largest absolute Gasteiger partial charge is 0.507 e. The van der Waals surface area contributed by atoms with Gasteiger partial charge in [-0.3, -0.25) is 4.40 Å². The second kappa shape index (κ2) is 5.17. The summed E-state index contributed by atoms with van der Waals surface area (Å²) in [6, 6.07) is 8.36. The van der Waals surface area contributed by atoms with E-state index in [1.807, 2.05) is 0 Å². The number of benzene rings is 1. The van der Waals surface area contributed by atoms with Crippen LogP contribution >= 0.6 is 15.9 Å². The highest BCUT2D eigenvalue weighted by molar-refractivity contribution is 9.10. The van der Waals surface area contributed by atoms with E-state index in [9.17, 15) is 9.90 Å². The number of rotatable bonds is 2. The lowest BCUT2D eigenvalue weighted by Gasteiger charge is -2.05. The predicted octanol–water partition coefficient (Wildman–Crippen LogP) is 2.65. The van der Waals surface area contributed by atoms with Crippen molar-refractivity contribution in [1.82, 2.24) is 14.6 Å². The van der Waals surface area contributed by atoms with E-state index >= 15 is 0 Å². The van der Waals surface area contributed by atoms with E-state index in [4.69, 9.17) is 4.74 Å². The molecule has 0 saturated heterocycles. The van der Waals surface area contributed by atoms with Gasteiger partial charge < -0.3 is 9.84 Å². The van der Waals surface area contributed by atoms with Crippen LogP contribution in [0.1, 0.15) is 10.4 Å². The van der Waals surface area contributed by atoms with Crippen molar-refractivity contribution in [3.8, 4) is 17.1 Å². The molecule has 106 valence electrons. The predicted molar refractivity (Wildman–Crippen MR) is 79.1 cm³/mol.